The van der Waals surface area contributed by atoms with E-state index in [0.717, 1.165) is 36.0 Å². The molecule has 3 nitrogen and oxygen atoms in total. The van der Waals surface area contributed by atoms with E-state index < -0.39 is 28.1 Å². The van der Waals surface area contributed by atoms with E-state index in [-0.39, 0.29) is 16.2 Å². The molecule has 0 saturated heterocycles. The van der Waals surface area contributed by atoms with Gasteiger partial charge in [0.2, 0.25) is 5.82 Å². The van der Waals surface area contributed by atoms with Crippen LogP contribution in [0, 0.1) is 27.6 Å². The summed E-state index contributed by atoms with van der Waals surface area (Å²) in [5.41, 5.74) is -0.573. The Bertz CT molecular complexity index is 664. The van der Waals surface area contributed by atoms with Gasteiger partial charge in [0.25, 0.3) is 0 Å². The van der Waals surface area contributed by atoms with Gasteiger partial charge in [-0.05, 0) is 18.2 Å². The fourth-order valence-electron chi connectivity index (χ4n) is 1.56. The van der Waals surface area contributed by atoms with Crippen molar-refractivity contribution in [3.63, 3.8) is 0 Å². The van der Waals surface area contributed by atoms with Crippen molar-refractivity contribution in [2.24, 2.45) is 0 Å². The molecule has 0 aliphatic heterocycles. The molecule has 0 fully saturated rings. The van der Waals surface area contributed by atoms with Crippen molar-refractivity contribution in [3.05, 3.63) is 69.5 Å². The Labute approximate surface area is 116 Å². The Morgan fingerprint density at radius 2 is 1.90 bits per heavy atom. The van der Waals surface area contributed by atoms with Crippen LogP contribution in [0.25, 0.3) is 0 Å². The average molecular weight is 299 g/mol. The van der Waals surface area contributed by atoms with Crippen LogP contribution in [0.1, 0.15) is 5.56 Å². The smallest absolute Gasteiger partial charge is 0.258 e. The van der Waals surface area contributed by atoms with Crippen LogP contribution < -0.4 is 0 Å². The van der Waals surface area contributed by atoms with Crippen LogP contribution in [-0.2, 0) is 5.75 Å². The molecule has 2 rings (SSSR count). The summed E-state index contributed by atoms with van der Waals surface area (Å²) >= 11 is 0.871. The molecule has 0 unspecified atom stereocenters. The highest BCUT2D eigenvalue weighted by Gasteiger charge is 2.17. The van der Waals surface area contributed by atoms with Gasteiger partial charge in [-0.1, -0.05) is 12.1 Å². The second-order valence-corrected chi connectivity index (χ2v) is 4.89. The van der Waals surface area contributed by atoms with Crippen molar-refractivity contribution in [2.75, 3.05) is 0 Å². The zero-order valence-electron chi connectivity index (χ0n) is 9.98. The lowest BCUT2D eigenvalue weighted by atomic mass is 10.2. The van der Waals surface area contributed by atoms with Crippen molar-refractivity contribution in [3.8, 4) is 0 Å². The molecule has 0 aliphatic rings. The van der Waals surface area contributed by atoms with Crippen LogP contribution in [0.15, 0.2) is 41.3 Å². The number of nitrogens with zero attached hydrogens (tertiary/aromatic N) is 1. The molecule has 0 amide bonds. The Morgan fingerprint density at radius 3 is 2.60 bits per heavy atom. The third-order valence-electron chi connectivity index (χ3n) is 2.53. The van der Waals surface area contributed by atoms with Gasteiger partial charge in [-0.3, -0.25) is 10.1 Å². The Balaban J connectivity index is 2.21. The first-order valence-electron chi connectivity index (χ1n) is 5.48. The van der Waals surface area contributed by atoms with Crippen LogP contribution in [0.3, 0.4) is 0 Å². The van der Waals surface area contributed by atoms with Crippen LogP contribution in [-0.4, -0.2) is 4.92 Å². The van der Waals surface area contributed by atoms with E-state index in [2.05, 4.69) is 0 Å². The molecule has 0 atom stereocenters. The van der Waals surface area contributed by atoms with Gasteiger partial charge in [-0.2, -0.15) is 4.39 Å². The van der Waals surface area contributed by atoms with Crippen LogP contribution in [0.5, 0.6) is 0 Å². The van der Waals surface area contributed by atoms with Crippen molar-refractivity contribution >= 4 is 17.4 Å². The van der Waals surface area contributed by atoms with Gasteiger partial charge in [-0.15, -0.1) is 11.8 Å². The van der Waals surface area contributed by atoms with E-state index in [1.807, 2.05) is 0 Å². The lowest BCUT2D eigenvalue weighted by molar-refractivity contribution is -0.387. The standard InChI is InChI=1S/C13H8F3NO2S/c14-9-4-5-10(15)12(6-9)20-7-8-2-1-3-11(13(8)16)17(18)19/h1-6H,7H2. The zero-order valence-corrected chi connectivity index (χ0v) is 10.8. The monoisotopic (exact) mass is 299 g/mol. The summed E-state index contributed by atoms with van der Waals surface area (Å²) in [6.45, 7) is 0. The minimum absolute atomic E-state index is 0.0240. The first-order chi connectivity index (χ1) is 9.49. The van der Waals surface area contributed by atoms with E-state index in [4.69, 9.17) is 0 Å². The molecule has 0 aliphatic carbocycles. The molecule has 2 aromatic rings. The van der Waals surface area contributed by atoms with Gasteiger partial charge in [0.05, 0.1) is 4.92 Å². The lowest BCUT2D eigenvalue weighted by Crippen LogP contribution is -1.96. The fraction of sp³-hybridized carbons (Fsp3) is 0.0769. The average Bonchev–Trinajstić information content (AvgIpc) is 2.41. The number of benzene rings is 2. The van der Waals surface area contributed by atoms with Gasteiger partial charge in [0, 0.05) is 22.3 Å². The molecule has 0 bridgehead atoms. The second kappa shape index (κ2) is 5.96. The predicted octanol–water partition coefficient (Wildman–Crippen LogP) is 4.30. The highest BCUT2D eigenvalue weighted by Crippen LogP contribution is 2.29. The number of thioether (sulfide) groups is 1. The molecule has 0 heterocycles. The number of nitro benzene ring substituents is 1. The third-order valence-corrected chi connectivity index (χ3v) is 3.61. The summed E-state index contributed by atoms with van der Waals surface area (Å²) in [5, 5.41) is 10.6. The molecule has 0 radical (unpaired) electrons. The second-order valence-electron chi connectivity index (χ2n) is 3.87. The third kappa shape index (κ3) is 3.11. The number of nitro groups is 1. The number of halogens is 3. The molecule has 0 saturated carbocycles. The molecule has 104 valence electrons. The summed E-state index contributed by atoms with van der Waals surface area (Å²) in [6.07, 6.45) is 0. The molecule has 2 aromatic carbocycles. The minimum Gasteiger partial charge on any atom is -0.258 e. The number of rotatable bonds is 4. The summed E-state index contributed by atoms with van der Waals surface area (Å²) < 4.78 is 40.2. The minimum atomic E-state index is -0.957. The van der Waals surface area contributed by atoms with Gasteiger partial charge in [0.15, 0.2) is 0 Å². The predicted molar refractivity (Wildman–Crippen MR) is 69.0 cm³/mol. The highest BCUT2D eigenvalue weighted by molar-refractivity contribution is 7.98. The van der Waals surface area contributed by atoms with E-state index in [0.29, 0.717) is 0 Å². The van der Waals surface area contributed by atoms with Crippen molar-refractivity contribution in [2.45, 2.75) is 10.6 Å². The fourth-order valence-corrected chi connectivity index (χ4v) is 2.50. The van der Waals surface area contributed by atoms with Gasteiger partial charge >= 0.3 is 5.69 Å². The van der Waals surface area contributed by atoms with Gasteiger partial charge in [0.1, 0.15) is 11.6 Å². The first kappa shape index (κ1) is 14.4. The first-order valence-corrected chi connectivity index (χ1v) is 6.47. The Kier molecular flexibility index (Phi) is 4.29. The molecule has 20 heavy (non-hydrogen) atoms. The Morgan fingerprint density at radius 1 is 1.15 bits per heavy atom. The number of hydrogen-bond donors (Lipinski definition) is 0. The molecule has 0 aromatic heterocycles. The van der Waals surface area contributed by atoms with E-state index in [1.165, 1.54) is 12.1 Å². The molecule has 0 spiro atoms. The van der Waals surface area contributed by atoms with Gasteiger partial charge in [-0.25, -0.2) is 8.78 Å². The van der Waals surface area contributed by atoms with Crippen LogP contribution in [0.2, 0.25) is 0 Å². The molecule has 7 heteroatoms. The van der Waals surface area contributed by atoms with Crippen molar-refractivity contribution in [1.29, 1.82) is 0 Å². The maximum atomic E-state index is 13.8. The van der Waals surface area contributed by atoms with Gasteiger partial charge < -0.3 is 0 Å². The highest BCUT2D eigenvalue weighted by atomic mass is 32.2. The van der Waals surface area contributed by atoms with E-state index in [9.17, 15) is 23.3 Å². The Hall–Kier alpha value is -2.02. The lowest BCUT2D eigenvalue weighted by Gasteiger charge is -2.05. The van der Waals surface area contributed by atoms with Crippen molar-refractivity contribution < 1.29 is 18.1 Å². The van der Waals surface area contributed by atoms with Crippen LogP contribution in [0.4, 0.5) is 18.9 Å². The summed E-state index contributed by atoms with van der Waals surface area (Å²) in [7, 11) is 0. The number of hydrogen-bond acceptors (Lipinski definition) is 3. The normalized spacial score (nSPS) is 10.6. The molecule has 0 N–H and O–H groups in total. The SMILES string of the molecule is O=[N+]([O-])c1cccc(CSc2cc(F)ccc2F)c1F. The van der Waals surface area contributed by atoms with E-state index >= 15 is 0 Å². The summed E-state index contributed by atoms with van der Waals surface area (Å²) in [5.74, 6) is -2.22. The largest absolute Gasteiger partial charge is 0.305 e. The maximum absolute atomic E-state index is 13.8. The summed E-state index contributed by atoms with van der Waals surface area (Å²) in [6, 6.07) is 6.71. The topological polar surface area (TPSA) is 43.1 Å². The summed E-state index contributed by atoms with van der Waals surface area (Å²) in [4.78, 5) is 9.79. The van der Waals surface area contributed by atoms with Crippen LogP contribution >= 0.6 is 11.8 Å². The maximum Gasteiger partial charge on any atom is 0.305 e. The zero-order chi connectivity index (χ0) is 14.7. The van der Waals surface area contributed by atoms with E-state index in [1.54, 1.807) is 0 Å². The molecular weight excluding hydrogens is 291 g/mol. The molecular formula is C13H8F3NO2S. The quantitative estimate of drug-likeness (QED) is 0.480. The van der Waals surface area contributed by atoms with Crippen molar-refractivity contribution in [1.82, 2.24) is 0 Å².